The molecule has 1 rings (SSSR count). The third-order valence-corrected chi connectivity index (χ3v) is 2.08. The SMILES string of the molecule is CC(C)c1nnc(CO)n1C(C)(C)C. The fraction of sp³-hybridized carbons (Fsp3) is 0.800. The van der Waals surface area contributed by atoms with Crippen LogP contribution < -0.4 is 0 Å². The van der Waals surface area contributed by atoms with Crippen LogP contribution in [0.25, 0.3) is 0 Å². The maximum atomic E-state index is 9.15. The summed E-state index contributed by atoms with van der Waals surface area (Å²) < 4.78 is 2.01. The Morgan fingerprint density at radius 1 is 1.29 bits per heavy atom. The average molecular weight is 197 g/mol. The summed E-state index contributed by atoms with van der Waals surface area (Å²) in [6.07, 6.45) is 0. The first-order valence-electron chi connectivity index (χ1n) is 4.93. The van der Waals surface area contributed by atoms with Gasteiger partial charge in [-0.05, 0) is 20.8 Å². The minimum Gasteiger partial charge on any atom is -0.388 e. The monoisotopic (exact) mass is 197 g/mol. The molecule has 0 aliphatic rings. The molecule has 0 saturated carbocycles. The van der Waals surface area contributed by atoms with Crippen molar-refractivity contribution in [1.82, 2.24) is 14.8 Å². The van der Waals surface area contributed by atoms with Gasteiger partial charge in [0.2, 0.25) is 0 Å². The third kappa shape index (κ3) is 1.95. The number of aromatic nitrogens is 3. The molecule has 1 heterocycles. The molecule has 1 N–H and O–H groups in total. The summed E-state index contributed by atoms with van der Waals surface area (Å²) >= 11 is 0. The number of hydrogen-bond donors (Lipinski definition) is 1. The van der Waals surface area contributed by atoms with Crippen LogP contribution in [0.4, 0.5) is 0 Å². The molecule has 4 nitrogen and oxygen atoms in total. The lowest BCUT2D eigenvalue weighted by Gasteiger charge is -2.25. The van der Waals surface area contributed by atoms with Gasteiger partial charge in [0.15, 0.2) is 5.82 Å². The number of nitrogens with zero attached hydrogens (tertiary/aromatic N) is 3. The van der Waals surface area contributed by atoms with E-state index in [-0.39, 0.29) is 12.1 Å². The van der Waals surface area contributed by atoms with Crippen molar-refractivity contribution in [1.29, 1.82) is 0 Å². The van der Waals surface area contributed by atoms with Crippen molar-refractivity contribution in [2.45, 2.75) is 52.7 Å². The van der Waals surface area contributed by atoms with E-state index in [9.17, 15) is 0 Å². The molecule has 80 valence electrons. The van der Waals surface area contributed by atoms with E-state index in [1.807, 2.05) is 4.57 Å². The minimum atomic E-state index is -0.0822. The lowest BCUT2D eigenvalue weighted by molar-refractivity contribution is 0.247. The highest BCUT2D eigenvalue weighted by atomic mass is 16.3. The Bertz CT molecular complexity index is 310. The molecule has 0 saturated heterocycles. The van der Waals surface area contributed by atoms with E-state index in [4.69, 9.17) is 5.11 Å². The molecule has 0 aromatic carbocycles. The van der Waals surface area contributed by atoms with Gasteiger partial charge in [-0.2, -0.15) is 0 Å². The van der Waals surface area contributed by atoms with Gasteiger partial charge < -0.3 is 9.67 Å². The summed E-state index contributed by atoms with van der Waals surface area (Å²) in [5.41, 5.74) is -0.0822. The largest absolute Gasteiger partial charge is 0.388 e. The predicted octanol–water partition coefficient (Wildman–Crippen LogP) is 1.65. The van der Waals surface area contributed by atoms with E-state index in [1.165, 1.54) is 0 Å². The van der Waals surface area contributed by atoms with Gasteiger partial charge in [0.1, 0.15) is 12.4 Å². The van der Waals surface area contributed by atoms with Crippen LogP contribution in [0.3, 0.4) is 0 Å². The minimum absolute atomic E-state index is 0.0585. The Hall–Kier alpha value is -0.900. The van der Waals surface area contributed by atoms with Crippen molar-refractivity contribution in [2.75, 3.05) is 0 Å². The summed E-state index contributed by atoms with van der Waals surface area (Å²) in [6.45, 7) is 10.3. The highest BCUT2D eigenvalue weighted by Gasteiger charge is 2.23. The van der Waals surface area contributed by atoms with Crippen LogP contribution in [0.15, 0.2) is 0 Å². The molecule has 1 aromatic heterocycles. The molecule has 4 heteroatoms. The molecule has 0 aliphatic carbocycles. The van der Waals surface area contributed by atoms with Gasteiger partial charge in [0.25, 0.3) is 0 Å². The Labute approximate surface area is 85.0 Å². The zero-order valence-corrected chi connectivity index (χ0v) is 9.57. The molecule has 0 spiro atoms. The Morgan fingerprint density at radius 3 is 2.21 bits per heavy atom. The van der Waals surface area contributed by atoms with Gasteiger partial charge in [-0.3, -0.25) is 0 Å². The number of aliphatic hydroxyl groups excluding tert-OH is 1. The first-order chi connectivity index (χ1) is 6.38. The highest BCUT2D eigenvalue weighted by molar-refractivity contribution is 5.03. The summed E-state index contributed by atoms with van der Waals surface area (Å²) in [5, 5.41) is 17.2. The van der Waals surface area contributed by atoms with Crippen LogP contribution >= 0.6 is 0 Å². The second kappa shape index (κ2) is 3.69. The topological polar surface area (TPSA) is 50.9 Å². The Morgan fingerprint density at radius 2 is 1.86 bits per heavy atom. The molecule has 0 unspecified atom stereocenters. The molecular formula is C10H19N3O. The van der Waals surface area contributed by atoms with Crippen LogP contribution in [-0.2, 0) is 12.1 Å². The zero-order valence-electron chi connectivity index (χ0n) is 9.57. The van der Waals surface area contributed by atoms with Crippen molar-refractivity contribution in [2.24, 2.45) is 0 Å². The molecule has 0 radical (unpaired) electrons. The average Bonchev–Trinajstić information content (AvgIpc) is 2.45. The van der Waals surface area contributed by atoms with E-state index in [1.54, 1.807) is 0 Å². The summed E-state index contributed by atoms with van der Waals surface area (Å²) in [4.78, 5) is 0. The maximum absolute atomic E-state index is 9.15. The molecule has 0 bridgehead atoms. The van der Waals surface area contributed by atoms with Crippen LogP contribution in [-0.4, -0.2) is 19.9 Å². The van der Waals surface area contributed by atoms with E-state index in [0.717, 1.165) is 5.82 Å². The summed E-state index contributed by atoms with van der Waals surface area (Å²) in [7, 11) is 0. The third-order valence-electron chi connectivity index (χ3n) is 2.08. The molecule has 0 aliphatic heterocycles. The van der Waals surface area contributed by atoms with Crippen LogP contribution in [0.1, 0.15) is 52.2 Å². The smallest absolute Gasteiger partial charge is 0.159 e. The normalized spacial score (nSPS) is 12.5. The zero-order chi connectivity index (χ0) is 10.9. The van der Waals surface area contributed by atoms with Gasteiger partial charge in [-0.25, -0.2) is 0 Å². The molecular weight excluding hydrogens is 178 g/mol. The summed E-state index contributed by atoms with van der Waals surface area (Å²) in [5.74, 6) is 1.89. The fourth-order valence-electron chi connectivity index (χ4n) is 1.54. The second-order valence-electron chi connectivity index (χ2n) is 4.79. The summed E-state index contributed by atoms with van der Waals surface area (Å²) in [6, 6.07) is 0. The highest BCUT2D eigenvalue weighted by Crippen LogP contribution is 2.23. The van der Waals surface area contributed by atoms with Crippen molar-refractivity contribution in [3.05, 3.63) is 11.6 Å². The van der Waals surface area contributed by atoms with Gasteiger partial charge in [0.05, 0.1) is 0 Å². The van der Waals surface area contributed by atoms with Gasteiger partial charge in [-0.15, -0.1) is 10.2 Å². The first-order valence-corrected chi connectivity index (χ1v) is 4.93. The number of rotatable bonds is 2. The van der Waals surface area contributed by atoms with Crippen molar-refractivity contribution < 1.29 is 5.11 Å². The van der Waals surface area contributed by atoms with E-state index < -0.39 is 0 Å². The Kier molecular flexibility index (Phi) is 2.95. The van der Waals surface area contributed by atoms with Crippen molar-refractivity contribution >= 4 is 0 Å². The van der Waals surface area contributed by atoms with Gasteiger partial charge >= 0.3 is 0 Å². The predicted molar refractivity (Wildman–Crippen MR) is 55.0 cm³/mol. The lowest BCUT2D eigenvalue weighted by atomic mass is 10.1. The molecule has 0 amide bonds. The molecule has 1 aromatic rings. The van der Waals surface area contributed by atoms with Gasteiger partial charge in [0, 0.05) is 11.5 Å². The quantitative estimate of drug-likeness (QED) is 0.784. The van der Waals surface area contributed by atoms with Crippen molar-refractivity contribution in [3.8, 4) is 0 Å². The number of hydrogen-bond acceptors (Lipinski definition) is 3. The van der Waals surface area contributed by atoms with E-state index in [2.05, 4.69) is 44.8 Å². The first kappa shape index (κ1) is 11.2. The molecule has 0 fully saturated rings. The standard InChI is InChI=1S/C10H19N3O/c1-7(2)9-12-11-8(6-14)13(9)10(3,4)5/h7,14H,6H2,1-5H3. The second-order valence-corrected chi connectivity index (χ2v) is 4.79. The molecule has 0 atom stereocenters. The molecule has 14 heavy (non-hydrogen) atoms. The lowest BCUT2D eigenvalue weighted by Crippen LogP contribution is -2.27. The van der Waals surface area contributed by atoms with E-state index in [0.29, 0.717) is 11.7 Å². The Balaban J connectivity index is 3.27. The van der Waals surface area contributed by atoms with Crippen LogP contribution in [0.2, 0.25) is 0 Å². The van der Waals surface area contributed by atoms with Crippen LogP contribution in [0.5, 0.6) is 0 Å². The van der Waals surface area contributed by atoms with Gasteiger partial charge in [-0.1, -0.05) is 13.8 Å². The number of aliphatic hydroxyl groups is 1. The van der Waals surface area contributed by atoms with Crippen molar-refractivity contribution in [3.63, 3.8) is 0 Å². The van der Waals surface area contributed by atoms with E-state index >= 15 is 0 Å². The van der Waals surface area contributed by atoms with Crippen LogP contribution in [0, 0.1) is 0 Å². The fourth-order valence-corrected chi connectivity index (χ4v) is 1.54. The maximum Gasteiger partial charge on any atom is 0.159 e.